The van der Waals surface area contributed by atoms with E-state index in [0.29, 0.717) is 12.2 Å². The second-order valence-corrected chi connectivity index (χ2v) is 3.75. The predicted octanol–water partition coefficient (Wildman–Crippen LogP) is 2.47. The highest BCUT2D eigenvalue weighted by Gasteiger charge is 2.38. The van der Waals surface area contributed by atoms with Crippen molar-refractivity contribution >= 4 is 5.78 Å². The quantitative estimate of drug-likeness (QED) is 0.485. The van der Waals surface area contributed by atoms with Gasteiger partial charge in [0.1, 0.15) is 5.78 Å². The Morgan fingerprint density at radius 1 is 1.18 bits per heavy atom. The van der Waals surface area contributed by atoms with Crippen LogP contribution in [0.3, 0.4) is 0 Å². The molecule has 1 spiro atoms. The third-order valence-electron chi connectivity index (χ3n) is 3.04. The van der Waals surface area contributed by atoms with Gasteiger partial charge in [-0.05, 0) is 12.8 Å². The first-order chi connectivity index (χ1) is 5.33. The first kappa shape index (κ1) is 7.08. The van der Waals surface area contributed by atoms with E-state index >= 15 is 0 Å². The van der Waals surface area contributed by atoms with E-state index in [1.807, 2.05) is 6.08 Å². The van der Waals surface area contributed by atoms with Crippen LogP contribution in [0.1, 0.15) is 38.5 Å². The van der Waals surface area contributed by atoms with Crippen molar-refractivity contribution < 1.29 is 4.79 Å². The Labute approximate surface area is 67.5 Å². The number of ketones is 1. The molecule has 0 heterocycles. The zero-order valence-corrected chi connectivity index (χ0v) is 6.81. The number of rotatable bonds is 0. The van der Waals surface area contributed by atoms with Gasteiger partial charge in [0.25, 0.3) is 0 Å². The molecule has 0 amide bonds. The number of carbonyl (C=O) groups excluding carboxylic acids is 1. The number of hydrogen-bond acceptors (Lipinski definition) is 1. The molecule has 0 unspecified atom stereocenters. The van der Waals surface area contributed by atoms with Gasteiger partial charge >= 0.3 is 0 Å². The van der Waals surface area contributed by atoms with E-state index in [4.69, 9.17) is 0 Å². The lowest BCUT2D eigenvalue weighted by molar-refractivity contribution is -0.125. The maximum Gasteiger partial charge on any atom is 0.146 e. The molecule has 0 aromatic carbocycles. The van der Waals surface area contributed by atoms with Crippen molar-refractivity contribution in [3.05, 3.63) is 12.2 Å². The SMILES string of the molecule is O=C1CC=CC12CCCCC2. The first-order valence-corrected chi connectivity index (χ1v) is 4.55. The van der Waals surface area contributed by atoms with Crippen molar-refractivity contribution in [3.63, 3.8) is 0 Å². The molecule has 0 saturated heterocycles. The molecule has 1 saturated carbocycles. The van der Waals surface area contributed by atoms with Gasteiger partial charge in [-0.1, -0.05) is 31.4 Å². The van der Waals surface area contributed by atoms with E-state index in [1.165, 1.54) is 19.3 Å². The molecule has 0 N–H and O–H groups in total. The minimum Gasteiger partial charge on any atom is -0.298 e. The minimum atomic E-state index is 0.0122. The number of carbonyl (C=O) groups is 1. The van der Waals surface area contributed by atoms with E-state index in [1.54, 1.807) is 0 Å². The first-order valence-electron chi connectivity index (χ1n) is 4.55. The summed E-state index contributed by atoms with van der Waals surface area (Å²) in [4.78, 5) is 11.5. The molecule has 0 aromatic heterocycles. The van der Waals surface area contributed by atoms with Crippen molar-refractivity contribution in [2.45, 2.75) is 38.5 Å². The second kappa shape index (κ2) is 2.47. The maximum atomic E-state index is 11.5. The smallest absolute Gasteiger partial charge is 0.146 e. The average molecular weight is 150 g/mol. The third-order valence-corrected chi connectivity index (χ3v) is 3.04. The fraction of sp³-hybridized carbons (Fsp3) is 0.700. The predicted molar refractivity (Wildman–Crippen MR) is 44.3 cm³/mol. The Kier molecular flexibility index (Phi) is 1.59. The van der Waals surface area contributed by atoms with E-state index in [9.17, 15) is 4.79 Å². The molecule has 0 radical (unpaired) electrons. The van der Waals surface area contributed by atoms with Gasteiger partial charge < -0.3 is 0 Å². The van der Waals surface area contributed by atoms with Crippen molar-refractivity contribution in [1.29, 1.82) is 0 Å². The van der Waals surface area contributed by atoms with Crippen LogP contribution in [0.4, 0.5) is 0 Å². The summed E-state index contributed by atoms with van der Waals surface area (Å²) in [7, 11) is 0. The van der Waals surface area contributed by atoms with Crippen LogP contribution in [0.2, 0.25) is 0 Å². The van der Waals surface area contributed by atoms with E-state index in [0.717, 1.165) is 12.8 Å². The van der Waals surface area contributed by atoms with Crippen LogP contribution in [0, 0.1) is 5.41 Å². The molecule has 11 heavy (non-hydrogen) atoms. The van der Waals surface area contributed by atoms with Gasteiger partial charge in [0, 0.05) is 11.8 Å². The zero-order valence-electron chi connectivity index (χ0n) is 6.81. The number of allylic oxidation sites excluding steroid dienone is 2. The number of Topliss-reactive ketones (excluding diaryl/α,β-unsaturated/α-hetero) is 1. The van der Waals surface area contributed by atoms with Crippen molar-refractivity contribution in [2.75, 3.05) is 0 Å². The molecule has 0 bridgehead atoms. The summed E-state index contributed by atoms with van der Waals surface area (Å²) in [6, 6.07) is 0. The molecule has 1 heteroatoms. The summed E-state index contributed by atoms with van der Waals surface area (Å²) >= 11 is 0. The fourth-order valence-corrected chi connectivity index (χ4v) is 2.32. The fourth-order valence-electron chi connectivity index (χ4n) is 2.32. The largest absolute Gasteiger partial charge is 0.298 e. The van der Waals surface area contributed by atoms with Crippen molar-refractivity contribution in [2.24, 2.45) is 5.41 Å². The zero-order chi connectivity index (χ0) is 7.73. The highest BCUT2D eigenvalue weighted by atomic mass is 16.1. The molecule has 0 aromatic rings. The topological polar surface area (TPSA) is 17.1 Å². The molecule has 2 rings (SSSR count). The molecule has 2 aliphatic rings. The van der Waals surface area contributed by atoms with Crippen LogP contribution in [-0.4, -0.2) is 5.78 Å². The average Bonchev–Trinajstić information content (AvgIpc) is 2.36. The molecular weight excluding hydrogens is 136 g/mol. The standard InChI is InChI=1S/C10H14O/c11-9-5-4-8-10(9)6-2-1-3-7-10/h4,8H,1-3,5-7H2. The lowest BCUT2D eigenvalue weighted by Gasteiger charge is -2.29. The third kappa shape index (κ3) is 1.03. The van der Waals surface area contributed by atoms with Crippen LogP contribution in [0.15, 0.2) is 12.2 Å². The van der Waals surface area contributed by atoms with Gasteiger partial charge in [-0.2, -0.15) is 0 Å². The molecule has 0 atom stereocenters. The van der Waals surface area contributed by atoms with Crippen LogP contribution >= 0.6 is 0 Å². The Morgan fingerprint density at radius 3 is 2.45 bits per heavy atom. The van der Waals surface area contributed by atoms with Gasteiger partial charge in [0.15, 0.2) is 0 Å². The summed E-state index contributed by atoms with van der Waals surface area (Å²) in [6.07, 6.45) is 10.9. The monoisotopic (exact) mass is 150 g/mol. The summed E-state index contributed by atoms with van der Waals surface area (Å²) in [5.74, 6) is 0.470. The lowest BCUT2D eigenvalue weighted by atomic mass is 9.73. The Balaban J connectivity index is 2.18. The maximum absolute atomic E-state index is 11.5. The molecule has 1 nitrogen and oxygen atoms in total. The Bertz CT molecular complexity index is 197. The van der Waals surface area contributed by atoms with Gasteiger partial charge in [-0.25, -0.2) is 0 Å². The van der Waals surface area contributed by atoms with E-state index < -0.39 is 0 Å². The Morgan fingerprint density at radius 2 is 1.91 bits per heavy atom. The van der Waals surface area contributed by atoms with Crippen molar-refractivity contribution in [3.8, 4) is 0 Å². The highest BCUT2D eigenvalue weighted by molar-refractivity contribution is 5.90. The summed E-state index contributed by atoms with van der Waals surface area (Å²) < 4.78 is 0. The molecule has 60 valence electrons. The van der Waals surface area contributed by atoms with Gasteiger partial charge in [-0.3, -0.25) is 4.79 Å². The van der Waals surface area contributed by atoms with Crippen LogP contribution in [0.25, 0.3) is 0 Å². The van der Waals surface area contributed by atoms with Crippen LogP contribution in [0.5, 0.6) is 0 Å². The van der Waals surface area contributed by atoms with Crippen molar-refractivity contribution in [1.82, 2.24) is 0 Å². The van der Waals surface area contributed by atoms with E-state index in [2.05, 4.69) is 6.08 Å². The summed E-state index contributed by atoms with van der Waals surface area (Å²) in [5.41, 5.74) is 0.0122. The van der Waals surface area contributed by atoms with Crippen LogP contribution in [-0.2, 0) is 4.79 Å². The Hall–Kier alpha value is -0.590. The lowest BCUT2D eigenvalue weighted by Crippen LogP contribution is -2.27. The highest BCUT2D eigenvalue weighted by Crippen LogP contribution is 2.42. The van der Waals surface area contributed by atoms with Gasteiger partial charge in [-0.15, -0.1) is 0 Å². The normalized spacial score (nSPS) is 28.2. The molecule has 0 aliphatic heterocycles. The molecule has 2 aliphatic carbocycles. The van der Waals surface area contributed by atoms with Gasteiger partial charge in [0.2, 0.25) is 0 Å². The van der Waals surface area contributed by atoms with Crippen LogP contribution < -0.4 is 0 Å². The summed E-state index contributed by atoms with van der Waals surface area (Å²) in [6.45, 7) is 0. The molecular formula is C10H14O. The van der Waals surface area contributed by atoms with E-state index in [-0.39, 0.29) is 5.41 Å². The molecule has 1 fully saturated rings. The summed E-state index contributed by atoms with van der Waals surface area (Å²) in [5, 5.41) is 0. The second-order valence-electron chi connectivity index (χ2n) is 3.75. The minimum absolute atomic E-state index is 0.0122. The number of hydrogen-bond donors (Lipinski definition) is 0. The van der Waals surface area contributed by atoms with Gasteiger partial charge in [0.05, 0.1) is 0 Å².